The lowest BCUT2D eigenvalue weighted by molar-refractivity contribution is 0.189. The minimum absolute atomic E-state index is 0.0747. The molecule has 1 saturated heterocycles. The van der Waals surface area contributed by atoms with Crippen molar-refractivity contribution >= 4 is 21.6 Å². The van der Waals surface area contributed by atoms with E-state index in [2.05, 4.69) is 6.07 Å². The minimum atomic E-state index is -3.05. The van der Waals surface area contributed by atoms with E-state index in [0.29, 0.717) is 12.2 Å². The lowest BCUT2D eigenvalue weighted by atomic mass is 10.1. The van der Waals surface area contributed by atoms with Crippen LogP contribution in [0.1, 0.15) is 19.8 Å². The Balaban J connectivity index is 2.85. The van der Waals surface area contributed by atoms with Crippen LogP contribution in [0.15, 0.2) is 0 Å². The van der Waals surface area contributed by atoms with Crippen LogP contribution in [0.3, 0.4) is 0 Å². The van der Waals surface area contributed by atoms with Gasteiger partial charge < -0.3 is 0 Å². The molecule has 0 bridgehead atoms. The molecule has 0 aliphatic carbocycles. The molecule has 92 valence electrons. The summed E-state index contributed by atoms with van der Waals surface area (Å²) >= 11 is 1.68. The fraction of sp³-hybridized carbons (Fsp3) is 0.900. The predicted octanol–water partition coefficient (Wildman–Crippen LogP) is 1.10. The van der Waals surface area contributed by atoms with Gasteiger partial charge in [-0.05, 0) is 6.42 Å². The minimum Gasteiger partial charge on any atom is -0.282 e. The number of hydrogen-bond acceptors (Lipinski definition) is 5. The maximum absolute atomic E-state index is 11.7. The zero-order chi connectivity index (χ0) is 12.2. The molecule has 0 saturated carbocycles. The van der Waals surface area contributed by atoms with Crippen LogP contribution < -0.4 is 0 Å². The van der Waals surface area contributed by atoms with Gasteiger partial charge in [-0.2, -0.15) is 17.0 Å². The zero-order valence-electron chi connectivity index (χ0n) is 9.72. The molecule has 2 unspecified atom stereocenters. The summed E-state index contributed by atoms with van der Waals surface area (Å²) in [5.41, 5.74) is 0. The van der Waals surface area contributed by atoms with Gasteiger partial charge in [-0.25, -0.2) is 8.42 Å². The first-order valence-corrected chi connectivity index (χ1v) is 8.51. The quantitative estimate of drug-likeness (QED) is 0.759. The van der Waals surface area contributed by atoms with Gasteiger partial charge in [0.15, 0.2) is 9.84 Å². The summed E-state index contributed by atoms with van der Waals surface area (Å²) in [7, 11) is -3.05. The van der Waals surface area contributed by atoms with Crippen LogP contribution in [0, 0.1) is 11.3 Å². The molecule has 1 heterocycles. The second-order valence-corrected chi connectivity index (χ2v) is 7.37. The molecule has 6 heteroatoms. The van der Waals surface area contributed by atoms with Crippen LogP contribution in [0.5, 0.6) is 0 Å². The van der Waals surface area contributed by atoms with Crippen LogP contribution in [-0.2, 0) is 9.84 Å². The number of thioether (sulfide) groups is 1. The summed E-state index contributed by atoms with van der Waals surface area (Å²) in [6.45, 7) is 2.77. The molecule has 16 heavy (non-hydrogen) atoms. The van der Waals surface area contributed by atoms with Crippen molar-refractivity contribution in [3.8, 4) is 6.07 Å². The summed E-state index contributed by atoms with van der Waals surface area (Å²) in [5.74, 6) is 1.58. The number of nitrogens with zero attached hydrogens (tertiary/aromatic N) is 2. The van der Waals surface area contributed by atoms with Crippen molar-refractivity contribution in [2.24, 2.45) is 0 Å². The van der Waals surface area contributed by atoms with E-state index < -0.39 is 15.2 Å². The summed E-state index contributed by atoms with van der Waals surface area (Å²) in [4.78, 5) is 2.00. The Hall–Kier alpha value is -0.250. The number of hydrogen-bond donors (Lipinski definition) is 0. The highest BCUT2D eigenvalue weighted by molar-refractivity contribution is 8.00. The van der Waals surface area contributed by atoms with Gasteiger partial charge in [-0.1, -0.05) is 6.92 Å². The Morgan fingerprint density at radius 2 is 2.31 bits per heavy atom. The second-order valence-electron chi connectivity index (χ2n) is 4.02. The molecule has 0 aromatic heterocycles. The lowest BCUT2D eigenvalue weighted by Gasteiger charge is -2.38. The normalized spacial score (nSPS) is 24.9. The summed E-state index contributed by atoms with van der Waals surface area (Å²) in [5, 5.41) is 8.34. The van der Waals surface area contributed by atoms with Gasteiger partial charge in [0, 0.05) is 30.3 Å². The van der Waals surface area contributed by atoms with Gasteiger partial charge in [0.25, 0.3) is 0 Å². The highest BCUT2D eigenvalue weighted by Gasteiger charge is 2.34. The van der Waals surface area contributed by atoms with E-state index in [1.165, 1.54) is 6.26 Å². The predicted molar refractivity (Wildman–Crippen MR) is 67.0 cm³/mol. The Kier molecular flexibility index (Phi) is 5.09. The molecule has 1 aliphatic rings. The maximum Gasteiger partial charge on any atom is 0.164 e. The van der Waals surface area contributed by atoms with Crippen LogP contribution in [0.25, 0.3) is 0 Å². The van der Waals surface area contributed by atoms with Crippen molar-refractivity contribution < 1.29 is 8.42 Å². The molecular formula is C10H18N2O2S2. The van der Waals surface area contributed by atoms with Crippen LogP contribution in [-0.4, -0.2) is 49.0 Å². The third-order valence-electron chi connectivity index (χ3n) is 2.89. The zero-order valence-corrected chi connectivity index (χ0v) is 11.4. The first-order chi connectivity index (χ1) is 7.50. The fourth-order valence-corrected chi connectivity index (χ4v) is 4.93. The van der Waals surface area contributed by atoms with Crippen LogP contribution in [0.2, 0.25) is 0 Å². The SMILES string of the molecule is CCC(CC#N)N1CCSCC1S(C)(=O)=O. The van der Waals surface area contributed by atoms with Crippen molar-refractivity contribution in [2.45, 2.75) is 31.2 Å². The van der Waals surface area contributed by atoms with Gasteiger partial charge in [-0.15, -0.1) is 0 Å². The molecule has 0 aromatic carbocycles. The van der Waals surface area contributed by atoms with Crippen molar-refractivity contribution in [1.82, 2.24) is 4.90 Å². The summed E-state index contributed by atoms with van der Waals surface area (Å²) < 4.78 is 23.4. The van der Waals surface area contributed by atoms with Crippen LogP contribution >= 0.6 is 11.8 Å². The molecular weight excluding hydrogens is 244 g/mol. The summed E-state index contributed by atoms with van der Waals surface area (Å²) in [6, 6.07) is 2.22. The van der Waals surface area contributed by atoms with Gasteiger partial charge in [0.2, 0.25) is 0 Å². The number of sulfone groups is 1. The molecule has 2 atom stereocenters. The number of rotatable bonds is 4. The third kappa shape index (κ3) is 3.37. The smallest absolute Gasteiger partial charge is 0.164 e. The average Bonchev–Trinajstić information content (AvgIpc) is 2.25. The topological polar surface area (TPSA) is 61.2 Å². The lowest BCUT2D eigenvalue weighted by Crippen LogP contribution is -2.51. The van der Waals surface area contributed by atoms with E-state index in [-0.39, 0.29) is 6.04 Å². The molecule has 1 aliphatic heterocycles. The first-order valence-electron chi connectivity index (χ1n) is 5.40. The third-order valence-corrected chi connectivity index (χ3v) is 5.55. The first kappa shape index (κ1) is 13.8. The van der Waals surface area contributed by atoms with E-state index >= 15 is 0 Å². The van der Waals surface area contributed by atoms with E-state index in [9.17, 15) is 8.42 Å². The molecule has 1 rings (SSSR count). The monoisotopic (exact) mass is 262 g/mol. The Bertz CT molecular complexity index is 362. The molecule has 0 amide bonds. The van der Waals surface area contributed by atoms with Crippen molar-refractivity contribution in [3.05, 3.63) is 0 Å². The van der Waals surface area contributed by atoms with Gasteiger partial charge >= 0.3 is 0 Å². The van der Waals surface area contributed by atoms with Crippen molar-refractivity contribution in [1.29, 1.82) is 5.26 Å². The molecule has 0 N–H and O–H groups in total. The molecule has 0 radical (unpaired) electrons. The maximum atomic E-state index is 11.7. The van der Waals surface area contributed by atoms with Crippen LogP contribution in [0.4, 0.5) is 0 Å². The van der Waals surface area contributed by atoms with Gasteiger partial charge in [0.1, 0.15) is 5.37 Å². The van der Waals surface area contributed by atoms with Gasteiger partial charge in [-0.3, -0.25) is 4.90 Å². The second kappa shape index (κ2) is 5.89. The van der Waals surface area contributed by atoms with E-state index in [1.807, 2.05) is 11.8 Å². The Morgan fingerprint density at radius 1 is 1.62 bits per heavy atom. The number of nitriles is 1. The Morgan fingerprint density at radius 3 is 2.81 bits per heavy atom. The molecule has 0 aromatic rings. The highest BCUT2D eigenvalue weighted by atomic mass is 32.2. The molecule has 1 fully saturated rings. The standard InChI is InChI=1S/C10H18N2O2S2/c1-3-9(4-5-11)12-6-7-15-8-10(12)16(2,13)14/h9-10H,3-4,6-8H2,1-2H3. The van der Waals surface area contributed by atoms with Crippen molar-refractivity contribution in [3.63, 3.8) is 0 Å². The summed E-state index contributed by atoms with van der Waals surface area (Å²) in [6.07, 6.45) is 2.52. The molecule has 4 nitrogen and oxygen atoms in total. The average molecular weight is 262 g/mol. The highest BCUT2D eigenvalue weighted by Crippen LogP contribution is 2.24. The van der Waals surface area contributed by atoms with Crippen molar-refractivity contribution in [2.75, 3.05) is 24.3 Å². The van der Waals surface area contributed by atoms with E-state index in [0.717, 1.165) is 18.7 Å². The Labute approximate surface area is 102 Å². The fourth-order valence-electron chi connectivity index (χ4n) is 1.98. The van der Waals surface area contributed by atoms with E-state index in [4.69, 9.17) is 5.26 Å². The largest absolute Gasteiger partial charge is 0.282 e. The van der Waals surface area contributed by atoms with Gasteiger partial charge in [0.05, 0.1) is 12.5 Å². The molecule has 0 spiro atoms. The van der Waals surface area contributed by atoms with E-state index in [1.54, 1.807) is 11.8 Å².